The molecule has 0 saturated carbocycles. The Morgan fingerprint density at radius 3 is 2.43 bits per heavy atom. The zero-order valence-corrected chi connectivity index (χ0v) is 9.00. The molecule has 0 aliphatic carbocycles. The Morgan fingerprint density at radius 1 is 1.29 bits per heavy atom. The Bertz CT molecular complexity index is 316. The summed E-state index contributed by atoms with van der Waals surface area (Å²) in [6.45, 7) is 6.45. The summed E-state index contributed by atoms with van der Waals surface area (Å²) in [6, 6.07) is 5.53. The van der Waals surface area contributed by atoms with E-state index in [1.807, 2.05) is 39.0 Å². The molecular weight excluding hydrogens is 176 g/mol. The molecule has 0 heterocycles. The van der Waals surface area contributed by atoms with Crippen LogP contribution in [0.4, 0.5) is 5.69 Å². The fourth-order valence-electron chi connectivity index (χ4n) is 1.19. The highest BCUT2D eigenvalue weighted by molar-refractivity contribution is 5.47. The number of hydrogen-bond acceptors (Lipinski definition) is 3. The highest BCUT2D eigenvalue weighted by atomic mass is 16.5. The van der Waals surface area contributed by atoms with Gasteiger partial charge < -0.3 is 16.2 Å². The highest BCUT2D eigenvalue weighted by Gasteiger charge is 2.13. The highest BCUT2D eigenvalue weighted by Crippen LogP contribution is 2.24. The summed E-state index contributed by atoms with van der Waals surface area (Å²) in [5.74, 6) is 0.814. The molecular formula is C11H18N2O. The van der Waals surface area contributed by atoms with Crippen molar-refractivity contribution in [3.05, 3.63) is 23.8 Å². The van der Waals surface area contributed by atoms with Gasteiger partial charge in [0.1, 0.15) is 11.4 Å². The first kappa shape index (κ1) is 10.9. The Kier molecular flexibility index (Phi) is 3.01. The predicted octanol–water partition coefficient (Wildman–Crippen LogP) is 1.90. The van der Waals surface area contributed by atoms with Gasteiger partial charge >= 0.3 is 0 Å². The van der Waals surface area contributed by atoms with Gasteiger partial charge in [0, 0.05) is 17.8 Å². The van der Waals surface area contributed by atoms with Gasteiger partial charge in [-0.1, -0.05) is 0 Å². The molecule has 3 heteroatoms. The van der Waals surface area contributed by atoms with Gasteiger partial charge in [-0.15, -0.1) is 0 Å². The van der Waals surface area contributed by atoms with E-state index in [0.29, 0.717) is 12.2 Å². The van der Waals surface area contributed by atoms with E-state index < -0.39 is 0 Å². The minimum absolute atomic E-state index is 0.208. The lowest BCUT2D eigenvalue weighted by molar-refractivity contribution is 0.129. The summed E-state index contributed by atoms with van der Waals surface area (Å²) in [4.78, 5) is 0. The lowest BCUT2D eigenvalue weighted by atomic mass is 10.1. The molecule has 0 aliphatic rings. The molecule has 0 saturated heterocycles. The van der Waals surface area contributed by atoms with Crippen molar-refractivity contribution in [2.75, 3.05) is 5.73 Å². The van der Waals surface area contributed by atoms with Gasteiger partial charge in [0.2, 0.25) is 0 Å². The van der Waals surface area contributed by atoms with Gasteiger partial charge in [0.05, 0.1) is 0 Å². The second kappa shape index (κ2) is 3.88. The van der Waals surface area contributed by atoms with E-state index in [4.69, 9.17) is 16.2 Å². The van der Waals surface area contributed by atoms with Crippen molar-refractivity contribution >= 4 is 5.69 Å². The number of rotatable bonds is 2. The molecule has 1 rings (SSSR count). The van der Waals surface area contributed by atoms with Crippen LogP contribution in [0.5, 0.6) is 5.75 Å². The zero-order chi connectivity index (χ0) is 10.8. The minimum Gasteiger partial charge on any atom is -0.488 e. The summed E-state index contributed by atoms with van der Waals surface area (Å²) >= 11 is 0. The summed E-state index contributed by atoms with van der Waals surface area (Å²) in [5.41, 5.74) is 12.7. The van der Waals surface area contributed by atoms with Crippen LogP contribution in [0.15, 0.2) is 18.2 Å². The molecule has 3 nitrogen and oxygen atoms in total. The molecule has 0 radical (unpaired) electrons. The second-order valence-corrected chi connectivity index (χ2v) is 4.29. The number of anilines is 1. The maximum Gasteiger partial charge on any atom is 0.124 e. The lowest BCUT2D eigenvalue weighted by Gasteiger charge is -2.23. The molecule has 14 heavy (non-hydrogen) atoms. The van der Waals surface area contributed by atoms with Crippen LogP contribution in [-0.4, -0.2) is 5.60 Å². The first-order valence-electron chi connectivity index (χ1n) is 4.70. The quantitative estimate of drug-likeness (QED) is 0.707. The maximum atomic E-state index is 5.74. The molecule has 0 amide bonds. The van der Waals surface area contributed by atoms with E-state index in [1.165, 1.54) is 0 Å². The number of benzene rings is 1. The van der Waals surface area contributed by atoms with Crippen LogP contribution in [0.25, 0.3) is 0 Å². The molecule has 1 aromatic rings. The van der Waals surface area contributed by atoms with Crippen molar-refractivity contribution in [2.45, 2.75) is 32.9 Å². The van der Waals surface area contributed by atoms with Crippen LogP contribution < -0.4 is 16.2 Å². The molecule has 0 aromatic heterocycles. The van der Waals surface area contributed by atoms with Crippen LogP contribution in [0.3, 0.4) is 0 Å². The van der Waals surface area contributed by atoms with Gasteiger partial charge in [-0.2, -0.15) is 0 Å². The third-order valence-electron chi connectivity index (χ3n) is 1.72. The first-order chi connectivity index (χ1) is 6.42. The van der Waals surface area contributed by atoms with Crippen molar-refractivity contribution in [1.82, 2.24) is 0 Å². The van der Waals surface area contributed by atoms with Crippen molar-refractivity contribution in [1.29, 1.82) is 0 Å². The average Bonchev–Trinajstić information content (AvgIpc) is 2.06. The molecule has 0 unspecified atom stereocenters. The topological polar surface area (TPSA) is 61.3 Å². The smallest absolute Gasteiger partial charge is 0.124 e. The van der Waals surface area contributed by atoms with Crippen molar-refractivity contribution < 1.29 is 4.74 Å². The summed E-state index contributed by atoms with van der Waals surface area (Å²) in [6.07, 6.45) is 0. The van der Waals surface area contributed by atoms with Gasteiger partial charge in [0.15, 0.2) is 0 Å². The fourth-order valence-corrected chi connectivity index (χ4v) is 1.19. The van der Waals surface area contributed by atoms with Crippen molar-refractivity contribution in [3.63, 3.8) is 0 Å². The summed E-state index contributed by atoms with van der Waals surface area (Å²) in [7, 11) is 0. The minimum atomic E-state index is -0.208. The van der Waals surface area contributed by atoms with Gasteiger partial charge in [-0.25, -0.2) is 0 Å². The van der Waals surface area contributed by atoms with E-state index in [2.05, 4.69) is 0 Å². The summed E-state index contributed by atoms with van der Waals surface area (Å²) < 4.78 is 5.74. The fraction of sp³-hybridized carbons (Fsp3) is 0.455. The normalized spacial score (nSPS) is 11.4. The largest absolute Gasteiger partial charge is 0.488 e. The van der Waals surface area contributed by atoms with E-state index in [0.717, 1.165) is 11.3 Å². The Hall–Kier alpha value is -1.22. The molecule has 1 aromatic carbocycles. The molecule has 78 valence electrons. The maximum absolute atomic E-state index is 5.74. The van der Waals surface area contributed by atoms with Crippen LogP contribution in [0, 0.1) is 0 Å². The van der Waals surface area contributed by atoms with E-state index >= 15 is 0 Å². The number of ether oxygens (including phenoxy) is 1. The number of hydrogen-bond donors (Lipinski definition) is 2. The van der Waals surface area contributed by atoms with E-state index in [9.17, 15) is 0 Å². The Balaban J connectivity index is 2.97. The number of nitrogen functional groups attached to an aromatic ring is 1. The standard InChI is InChI=1S/C11H18N2O/c1-11(2,3)14-10-5-4-9(13)6-8(10)7-12/h4-6H,7,12-13H2,1-3H3. The third-order valence-corrected chi connectivity index (χ3v) is 1.72. The van der Waals surface area contributed by atoms with Crippen LogP contribution >= 0.6 is 0 Å². The van der Waals surface area contributed by atoms with E-state index in [1.54, 1.807) is 0 Å². The third kappa shape index (κ3) is 2.92. The zero-order valence-electron chi connectivity index (χ0n) is 9.00. The second-order valence-electron chi connectivity index (χ2n) is 4.29. The van der Waals surface area contributed by atoms with Gasteiger partial charge in [0.25, 0.3) is 0 Å². The number of nitrogens with two attached hydrogens (primary N) is 2. The molecule has 0 spiro atoms. The van der Waals surface area contributed by atoms with Crippen LogP contribution in [-0.2, 0) is 6.54 Å². The molecule has 0 atom stereocenters. The average molecular weight is 194 g/mol. The van der Waals surface area contributed by atoms with Crippen molar-refractivity contribution in [3.8, 4) is 5.75 Å². The first-order valence-corrected chi connectivity index (χ1v) is 4.70. The van der Waals surface area contributed by atoms with Crippen molar-refractivity contribution in [2.24, 2.45) is 5.73 Å². The summed E-state index contributed by atoms with van der Waals surface area (Å²) in [5, 5.41) is 0. The SMILES string of the molecule is CC(C)(C)Oc1ccc(N)cc1CN. The van der Waals surface area contributed by atoms with Gasteiger partial charge in [-0.05, 0) is 39.0 Å². The monoisotopic (exact) mass is 194 g/mol. The Labute approximate surface area is 85.0 Å². The predicted molar refractivity (Wildman–Crippen MR) is 59.1 cm³/mol. The Morgan fingerprint density at radius 2 is 1.93 bits per heavy atom. The van der Waals surface area contributed by atoms with E-state index in [-0.39, 0.29) is 5.60 Å². The van der Waals surface area contributed by atoms with Crippen LogP contribution in [0.1, 0.15) is 26.3 Å². The molecule has 4 N–H and O–H groups in total. The lowest BCUT2D eigenvalue weighted by Crippen LogP contribution is -2.24. The molecule has 0 aliphatic heterocycles. The van der Waals surface area contributed by atoms with Gasteiger partial charge in [-0.3, -0.25) is 0 Å². The molecule has 0 fully saturated rings. The molecule has 0 bridgehead atoms. The van der Waals surface area contributed by atoms with Crippen LogP contribution in [0.2, 0.25) is 0 Å².